The number of ketones is 1. The Bertz CT molecular complexity index is 2390. The standard InChI is InChI=1S/C25H22O10.C15H10O3/c1-32-17-6-11(2-4-14(17)28)24-20(10-26)33-16-5-3-12(7-18(16)34-24)25-23(31)22(30)21-15(29)8-13(27)9-19(21)35-25;16-13-11-8-4-5-9-12(11)18-15(14(13)17)10-6-2-1-3-7-10/h2-9,20,23-29,31H,10H2,1H3;1-9,17H/t20-,23+,24-,25-;/m1./s1. The Kier molecular flexibility index (Phi) is 9.27. The number of Topliss-reactive ketones (excluding diaryl/α,β-unsaturated/α-hetero) is 1. The van der Waals surface area contributed by atoms with Gasteiger partial charge in [0.05, 0.1) is 19.1 Å². The molecule has 2 aliphatic rings. The van der Waals surface area contributed by atoms with Gasteiger partial charge >= 0.3 is 0 Å². The minimum absolute atomic E-state index is 0.0540. The molecule has 4 atom stereocenters. The number of aromatic hydroxyl groups is 4. The molecule has 53 heavy (non-hydrogen) atoms. The Morgan fingerprint density at radius 1 is 0.698 bits per heavy atom. The first-order valence-electron chi connectivity index (χ1n) is 16.3. The Hall–Kier alpha value is -6.70. The fourth-order valence-electron chi connectivity index (χ4n) is 6.20. The number of carbonyl (C=O) groups is 1. The number of hydrogen-bond donors (Lipinski definition) is 6. The lowest BCUT2D eigenvalue weighted by atomic mass is 9.92. The summed E-state index contributed by atoms with van der Waals surface area (Å²) in [7, 11) is 1.41. The van der Waals surface area contributed by atoms with Gasteiger partial charge in [-0.1, -0.05) is 54.6 Å². The van der Waals surface area contributed by atoms with Gasteiger partial charge in [0, 0.05) is 23.3 Å². The number of rotatable bonds is 5. The van der Waals surface area contributed by atoms with E-state index in [-0.39, 0.29) is 52.4 Å². The summed E-state index contributed by atoms with van der Waals surface area (Å²) in [5.41, 5.74) is 1.49. The highest BCUT2D eigenvalue weighted by molar-refractivity contribution is 6.05. The molecule has 13 heteroatoms. The summed E-state index contributed by atoms with van der Waals surface area (Å²) in [6, 6.07) is 27.4. The first-order valence-corrected chi connectivity index (χ1v) is 16.3. The number of hydrogen-bond acceptors (Lipinski definition) is 13. The molecular weight excluding hydrogens is 688 g/mol. The van der Waals surface area contributed by atoms with E-state index in [0.29, 0.717) is 33.4 Å². The fourth-order valence-corrected chi connectivity index (χ4v) is 6.20. The van der Waals surface area contributed by atoms with Crippen molar-refractivity contribution < 1.29 is 58.8 Å². The number of ether oxygens (including phenoxy) is 4. The van der Waals surface area contributed by atoms with Crippen molar-refractivity contribution in [2.75, 3.05) is 13.7 Å². The summed E-state index contributed by atoms with van der Waals surface area (Å²) >= 11 is 0. The maximum Gasteiger partial charge on any atom is 0.235 e. The van der Waals surface area contributed by atoms with Crippen LogP contribution in [0.2, 0.25) is 0 Å². The van der Waals surface area contributed by atoms with E-state index < -0.39 is 41.4 Å². The van der Waals surface area contributed by atoms with Crippen LogP contribution in [0.1, 0.15) is 33.7 Å². The van der Waals surface area contributed by atoms with Gasteiger partial charge in [0.25, 0.3) is 0 Å². The predicted octanol–water partition coefficient (Wildman–Crippen LogP) is 5.53. The van der Waals surface area contributed by atoms with Gasteiger partial charge < -0.3 is 54.0 Å². The Morgan fingerprint density at radius 3 is 2.15 bits per heavy atom. The molecule has 0 spiro atoms. The van der Waals surface area contributed by atoms with E-state index in [0.717, 1.165) is 6.07 Å². The van der Waals surface area contributed by atoms with E-state index in [1.165, 1.54) is 19.2 Å². The maximum absolute atomic E-state index is 12.7. The zero-order chi connectivity index (χ0) is 37.4. The molecule has 3 heterocycles. The van der Waals surface area contributed by atoms with E-state index >= 15 is 0 Å². The average Bonchev–Trinajstić information content (AvgIpc) is 3.17. The maximum atomic E-state index is 12.7. The van der Waals surface area contributed by atoms with Crippen molar-refractivity contribution in [2.24, 2.45) is 0 Å². The molecule has 270 valence electrons. The van der Waals surface area contributed by atoms with Gasteiger partial charge in [-0.2, -0.15) is 0 Å². The fraction of sp³-hybridized carbons (Fsp3) is 0.150. The third-order valence-electron chi connectivity index (χ3n) is 8.81. The van der Waals surface area contributed by atoms with Crippen molar-refractivity contribution >= 4 is 16.8 Å². The number of fused-ring (bicyclic) bond motifs is 3. The van der Waals surface area contributed by atoms with Crippen LogP contribution in [0.3, 0.4) is 0 Å². The number of phenols is 3. The van der Waals surface area contributed by atoms with Gasteiger partial charge in [-0.05, 0) is 42.0 Å². The highest BCUT2D eigenvalue weighted by Crippen LogP contribution is 2.46. The lowest BCUT2D eigenvalue weighted by Gasteiger charge is -2.35. The van der Waals surface area contributed by atoms with Gasteiger partial charge in [0.15, 0.2) is 53.2 Å². The zero-order valence-corrected chi connectivity index (χ0v) is 27.9. The van der Waals surface area contributed by atoms with Crippen LogP contribution >= 0.6 is 0 Å². The molecule has 6 N–H and O–H groups in total. The lowest BCUT2D eigenvalue weighted by molar-refractivity contribution is -0.0130. The molecule has 0 bridgehead atoms. The van der Waals surface area contributed by atoms with Gasteiger partial charge in [-0.3, -0.25) is 9.59 Å². The van der Waals surface area contributed by atoms with Crippen LogP contribution in [0.5, 0.6) is 46.0 Å². The number of carbonyl (C=O) groups excluding carboxylic acids is 1. The summed E-state index contributed by atoms with van der Waals surface area (Å²) in [6.45, 7) is -0.349. The molecule has 0 unspecified atom stereocenters. The lowest BCUT2D eigenvalue weighted by Crippen LogP contribution is -2.37. The average molecular weight is 721 g/mol. The van der Waals surface area contributed by atoms with Crippen molar-refractivity contribution in [1.29, 1.82) is 0 Å². The monoisotopic (exact) mass is 720 g/mol. The van der Waals surface area contributed by atoms with Gasteiger partial charge in [0.2, 0.25) is 17.0 Å². The van der Waals surface area contributed by atoms with Crippen molar-refractivity contribution in [3.8, 4) is 57.3 Å². The van der Waals surface area contributed by atoms with Crippen LogP contribution in [-0.4, -0.2) is 62.3 Å². The molecular formula is C40H32O13. The molecule has 1 aromatic heterocycles. The number of aliphatic hydroxyl groups is 2. The second-order valence-electron chi connectivity index (χ2n) is 12.2. The zero-order valence-electron chi connectivity index (χ0n) is 27.9. The Labute approximate surface area is 300 Å². The molecule has 0 saturated heterocycles. The third-order valence-corrected chi connectivity index (χ3v) is 8.81. The van der Waals surface area contributed by atoms with Gasteiger partial charge in [-0.25, -0.2) is 0 Å². The minimum Gasteiger partial charge on any atom is -0.508 e. The number of aliphatic hydroxyl groups excluding tert-OH is 2. The van der Waals surface area contributed by atoms with E-state index in [1.54, 1.807) is 66.7 Å². The minimum atomic E-state index is -1.62. The summed E-state index contributed by atoms with van der Waals surface area (Å²) in [4.78, 5) is 24.8. The number of benzene rings is 5. The van der Waals surface area contributed by atoms with Crippen molar-refractivity contribution in [3.63, 3.8) is 0 Å². The first kappa shape index (κ1) is 34.7. The molecule has 5 aromatic carbocycles. The number of phenolic OH excluding ortho intramolecular Hbond substituents is 3. The van der Waals surface area contributed by atoms with Crippen molar-refractivity contribution in [1.82, 2.24) is 0 Å². The molecule has 13 nitrogen and oxygen atoms in total. The van der Waals surface area contributed by atoms with Gasteiger partial charge in [0.1, 0.15) is 28.4 Å². The van der Waals surface area contributed by atoms with E-state index in [1.807, 2.05) is 18.2 Å². The first-order chi connectivity index (χ1) is 25.6. The Balaban J connectivity index is 0.000000202. The molecule has 0 fully saturated rings. The predicted molar refractivity (Wildman–Crippen MR) is 189 cm³/mol. The quantitative estimate of drug-likeness (QED) is 0.130. The molecule has 6 aromatic rings. The van der Waals surface area contributed by atoms with Crippen LogP contribution in [0.4, 0.5) is 0 Å². The van der Waals surface area contributed by atoms with Crippen molar-refractivity contribution in [2.45, 2.75) is 24.4 Å². The van der Waals surface area contributed by atoms with Crippen LogP contribution in [0, 0.1) is 0 Å². The number of methoxy groups -OCH3 is 1. The summed E-state index contributed by atoms with van der Waals surface area (Å²) < 4.78 is 28.6. The van der Waals surface area contributed by atoms with Crippen molar-refractivity contribution in [3.05, 3.63) is 130 Å². The smallest absolute Gasteiger partial charge is 0.235 e. The van der Waals surface area contributed by atoms with Gasteiger partial charge in [-0.15, -0.1) is 0 Å². The number of para-hydroxylation sites is 1. The summed E-state index contributed by atoms with van der Waals surface area (Å²) in [6.07, 6.45) is -4.28. The molecule has 0 saturated carbocycles. The second kappa shape index (κ2) is 14.1. The molecule has 0 amide bonds. The molecule has 0 aliphatic carbocycles. The van der Waals surface area contributed by atoms with Crippen LogP contribution in [-0.2, 0) is 0 Å². The van der Waals surface area contributed by atoms with E-state index in [4.69, 9.17) is 23.4 Å². The third kappa shape index (κ3) is 6.50. The molecule has 0 radical (unpaired) electrons. The highest BCUT2D eigenvalue weighted by Gasteiger charge is 2.40. The van der Waals surface area contributed by atoms with Crippen LogP contribution in [0.15, 0.2) is 112 Å². The highest BCUT2D eigenvalue weighted by atomic mass is 16.6. The Morgan fingerprint density at radius 2 is 1.40 bits per heavy atom. The topological polar surface area (TPSA) is 206 Å². The second-order valence-corrected chi connectivity index (χ2v) is 12.2. The molecule has 2 aliphatic heterocycles. The SMILES string of the molecule is COc1cc([C@H]2Oc3cc([C@H]4Oc5cc(O)cc(O)c5C(=O)[C@@H]4O)ccc3O[C@@H]2CO)ccc1O.O=c1c(O)c(-c2ccccc2)oc2ccccc12. The normalized spacial score (nSPS) is 18.7. The van der Waals surface area contributed by atoms with E-state index in [2.05, 4.69) is 0 Å². The van der Waals surface area contributed by atoms with E-state index in [9.17, 15) is 40.2 Å². The van der Waals surface area contributed by atoms with Crippen LogP contribution in [0.25, 0.3) is 22.3 Å². The van der Waals surface area contributed by atoms with Crippen LogP contribution < -0.4 is 24.4 Å². The summed E-state index contributed by atoms with van der Waals surface area (Å²) in [5, 5.41) is 60.5. The summed E-state index contributed by atoms with van der Waals surface area (Å²) in [5.74, 6) is -0.963. The largest absolute Gasteiger partial charge is 0.508 e. The molecule has 8 rings (SSSR count).